The van der Waals surface area contributed by atoms with Crippen molar-refractivity contribution in [3.63, 3.8) is 0 Å². The van der Waals surface area contributed by atoms with Gasteiger partial charge >= 0.3 is 0 Å². The fourth-order valence-corrected chi connectivity index (χ4v) is 12.9. The van der Waals surface area contributed by atoms with Gasteiger partial charge in [0.15, 0.2) is 57.5 Å². The molecule has 1 unspecified atom stereocenters. The molecule has 0 bridgehead atoms. The Kier molecular flexibility index (Phi) is 7.70. The van der Waals surface area contributed by atoms with Crippen LogP contribution in [0.25, 0.3) is 39.0 Å². The first-order valence-electron chi connectivity index (χ1n) is 16.6. The summed E-state index contributed by atoms with van der Waals surface area (Å²) in [6, 6.07) is 0. The fourth-order valence-electron chi connectivity index (χ4n) is 6.49. The van der Waals surface area contributed by atoms with Crippen LogP contribution < -0.4 is 47.4 Å². The minimum absolute atomic E-state index is 0.306. The molecule has 50 heavy (non-hydrogen) atoms. The molecule has 0 saturated carbocycles. The molecular weight excluding hydrogens is 741 g/mol. The molecule has 5 aromatic heterocycles. The van der Waals surface area contributed by atoms with Crippen molar-refractivity contribution in [3.05, 3.63) is 10.3 Å². The van der Waals surface area contributed by atoms with Gasteiger partial charge in [0.05, 0.1) is 43.9 Å². The molecule has 0 aromatic carbocycles. The van der Waals surface area contributed by atoms with Crippen molar-refractivity contribution < 1.29 is 47.4 Å². The van der Waals surface area contributed by atoms with Gasteiger partial charge in [-0.25, -0.2) is 0 Å². The number of hydrogen-bond donors (Lipinski definition) is 0. The van der Waals surface area contributed by atoms with Crippen molar-refractivity contribution in [1.29, 1.82) is 0 Å². The lowest BCUT2D eigenvalue weighted by atomic mass is 9.96. The topological polar surface area (TPSA) is 92.3 Å². The lowest BCUT2D eigenvalue weighted by molar-refractivity contribution is 0.170. The summed E-state index contributed by atoms with van der Waals surface area (Å²) in [4.78, 5) is 8.82. The maximum Gasteiger partial charge on any atom is 0.181 e. The summed E-state index contributed by atoms with van der Waals surface area (Å²) >= 11 is 8.18. The highest BCUT2D eigenvalue weighted by Crippen LogP contribution is 2.67. The molecule has 262 valence electrons. The summed E-state index contributed by atoms with van der Waals surface area (Å²) in [5, 5.41) is 2.00. The number of hydrogen-bond acceptors (Lipinski definition) is 15. The molecule has 5 aliphatic rings. The third-order valence-electron chi connectivity index (χ3n) is 9.16. The van der Waals surface area contributed by atoms with E-state index in [1.165, 1.54) is 4.88 Å². The Morgan fingerprint density at radius 1 is 0.380 bits per heavy atom. The molecule has 0 saturated heterocycles. The molecule has 5 aliphatic heterocycles. The first-order valence-corrected chi connectivity index (χ1v) is 20.8. The number of fused-ring (bicyclic) bond motifs is 5. The molecule has 10 nitrogen and oxygen atoms in total. The molecule has 0 spiro atoms. The second-order valence-electron chi connectivity index (χ2n) is 12.5. The van der Waals surface area contributed by atoms with Crippen molar-refractivity contribution in [2.24, 2.45) is 5.92 Å². The molecule has 0 fully saturated rings. The maximum absolute atomic E-state index is 6.42. The minimum Gasteiger partial charge on any atom is -0.485 e. The van der Waals surface area contributed by atoms with E-state index in [1.807, 2.05) is 5.38 Å². The van der Waals surface area contributed by atoms with E-state index in [-0.39, 0.29) is 0 Å². The van der Waals surface area contributed by atoms with E-state index in [2.05, 4.69) is 20.8 Å². The number of thiophene rings is 5. The Hall–Kier alpha value is -3.50. The van der Waals surface area contributed by atoms with Crippen LogP contribution in [0, 0.1) is 5.92 Å². The van der Waals surface area contributed by atoms with Gasteiger partial charge in [-0.1, -0.05) is 20.8 Å². The highest BCUT2D eigenvalue weighted by atomic mass is 32.1. The van der Waals surface area contributed by atoms with E-state index in [0.717, 1.165) is 73.5 Å². The Balaban J connectivity index is 1.14. The molecule has 0 N–H and O–H groups in total. The fraction of sp³-hybridized carbons (Fsp3) is 0.429. The predicted molar refractivity (Wildman–Crippen MR) is 196 cm³/mol. The highest BCUT2D eigenvalue weighted by molar-refractivity contribution is 7.31. The standard InChI is InChI=1S/C35H32O10S5/c1-15(2)16(3)27-19-20(39-7-6-38-19)30(47-27)31-23-24(43-11-10-42-23)34(49-31)35-26-25(44-12-13-45-26)33(50-35)32-22-21(40-8-9-41-22)29(48-32)28-18-17(14-46-28)36-4-5-37-18/h14-16H,4-13H2,1-3H3. The van der Waals surface area contributed by atoms with Crippen LogP contribution in [0.1, 0.15) is 31.6 Å². The summed E-state index contributed by atoms with van der Waals surface area (Å²) in [6.07, 6.45) is 0. The summed E-state index contributed by atoms with van der Waals surface area (Å²) < 4.78 is 62.8. The third kappa shape index (κ3) is 4.80. The van der Waals surface area contributed by atoms with E-state index in [9.17, 15) is 0 Å². The van der Waals surface area contributed by atoms with Gasteiger partial charge in [-0.2, -0.15) is 0 Å². The first-order chi connectivity index (χ1) is 24.6. The molecule has 0 radical (unpaired) electrons. The van der Waals surface area contributed by atoms with Gasteiger partial charge in [0.2, 0.25) is 0 Å². The summed E-state index contributed by atoms with van der Waals surface area (Å²) in [5.41, 5.74) is 0. The van der Waals surface area contributed by atoms with Gasteiger partial charge in [0.1, 0.15) is 66.1 Å². The number of rotatable bonds is 6. The van der Waals surface area contributed by atoms with E-state index in [4.69, 9.17) is 47.4 Å². The zero-order valence-electron chi connectivity index (χ0n) is 27.4. The van der Waals surface area contributed by atoms with Gasteiger partial charge in [-0.05, 0) is 11.8 Å². The number of ether oxygens (including phenoxy) is 10. The average Bonchev–Trinajstić information content (AvgIpc) is 3.98. The van der Waals surface area contributed by atoms with E-state index >= 15 is 0 Å². The van der Waals surface area contributed by atoms with Crippen LogP contribution in [-0.2, 0) is 0 Å². The Bertz CT molecular complexity index is 2110. The molecule has 0 aliphatic carbocycles. The molecule has 0 amide bonds. The maximum atomic E-state index is 6.42. The van der Waals surface area contributed by atoms with E-state index in [0.29, 0.717) is 101 Å². The van der Waals surface area contributed by atoms with Gasteiger partial charge in [-0.15, -0.1) is 56.7 Å². The molecule has 5 aromatic rings. The quantitative estimate of drug-likeness (QED) is 0.166. The van der Waals surface area contributed by atoms with Crippen LogP contribution in [-0.4, -0.2) is 66.1 Å². The smallest absolute Gasteiger partial charge is 0.181 e. The van der Waals surface area contributed by atoms with Crippen LogP contribution in [0.3, 0.4) is 0 Å². The summed E-state index contributed by atoms with van der Waals surface area (Å²) in [5.74, 6) is 8.20. The van der Waals surface area contributed by atoms with Gasteiger partial charge in [0.25, 0.3) is 0 Å². The molecule has 10 rings (SSSR count). The lowest BCUT2D eigenvalue weighted by Gasteiger charge is -2.20. The van der Waals surface area contributed by atoms with E-state index < -0.39 is 0 Å². The lowest BCUT2D eigenvalue weighted by Crippen LogP contribution is -2.16. The normalized spacial score (nSPS) is 17.6. The van der Waals surface area contributed by atoms with Gasteiger partial charge < -0.3 is 47.4 Å². The summed E-state index contributed by atoms with van der Waals surface area (Å²) in [7, 11) is 0. The summed E-state index contributed by atoms with van der Waals surface area (Å²) in [6.45, 7) is 11.5. The molecule has 15 heteroatoms. The Morgan fingerprint density at radius 2 is 0.700 bits per heavy atom. The highest BCUT2D eigenvalue weighted by Gasteiger charge is 2.39. The van der Waals surface area contributed by atoms with Crippen LogP contribution >= 0.6 is 56.7 Å². The van der Waals surface area contributed by atoms with Crippen LogP contribution in [0.5, 0.6) is 57.5 Å². The second kappa shape index (κ2) is 12.3. The van der Waals surface area contributed by atoms with Gasteiger partial charge in [0, 0.05) is 5.38 Å². The van der Waals surface area contributed by atoms with Crippen LogP contribution in [0.15, 0.2) is 5.38 Å². The van der Waals surface area contributed by atoms with Crippen molar-refractivity contribution in [3.8, 4) is 96.5 Å². The Morgan fingerprint density at radius 3 is 1.12 bits per heavy atom. The van der Waals surface area contributed by atoms with Crippen molar-refractivity contribution in [1.82, 2.24) is 0 Å². The Labute approximate surface area is 307 Å². The second-order valence-corrected chi connectivity index (χ2v) is 17.5. The SMILES string of the molecule is CC(C)C(C)c1sc(-c2sc(-c3sc(-c4sc(-c5scc6c5OCCO6)c5c4OCCO5)c4c3OCCO4)c3c2OCCO3)c2c1OCCO2. The zero-order valence-corrected chi connectivity index (χ0v) is 31.5. The van der Waals surface area contributed by atoms with Crippen molar-refractivity contribution in [2.45, 2.75) is 26.7 Å². The minimum atomic E-state index is 0.306. The molecule has 10 heterocycles. The first kappa shape index (κ1) is 31.3. The van der Waals surface area contributed by atoms with Crippen molar-refractivity contribution >= 4 is 56.7 Å². The molecule has 1 atom stereocenters. The van der Waals surface area contributed by atoms with Gasteiger partial charge in [-0.3, -0.25) is 0 Å². The average molecular weight is 773 g/mol. The largest absolute Gasteiger partial charge is 0.485 e. The van der Waals surface area contributed by atoms with Crippen LogP contribution in [0.4, 0.5) is 0 Å². The predicted octanol–water partition coefficient (Wildman–Crippen LogP) is 9.28. The zero-order chi connectivity index (χ0) is 33.5. The van der Waals surface area contributed by atoms with Crippen LogP contribution in [0.2, 0.25) is 0 Å². The van der Waals surface area contributed by atoms with Crippen molar-refractivity contribution in [2.75, 3.05) is 66.1 Å². The third-order valence-corrected chi connectivity index (χ3v) is 15.6. The van der Waals surface area contributed by atoms with E-state index in [1.54, 1.807) is 56.7 Å². The monoisotopic (exact) mass is 772 g/mol. The molecular formula is C35H32O10S5.